The molecule has 0 amide bonds. The standard InChI is InChI=1S/C14H21F3N4OS/c1-18-13(19-6-4-10-3-2-8-22-10)20-7-5-12-21-11(9-23-12)14(15,16)17/h9-10H,2-8H2,1H3,(H2,18,19,20). The molecule has 0 bridgehead atoms. The van der Waals surface area contributed by atoms with Gasteiger partial charge in [0.15, 0.2) is 11.7 Å². The molecule has 0 spiro atoms. The summed E-state index contributed by atoms with van der Waals surface area (Å²) in [5.74, 6) is 0.635. The fourth-order valence-electron chi connectivity index (χ4n) is 2.29. The monoisotopic (exact) mass is 350 g/mol. The molecule has 0 aliphatic carbocycles. The lowest BCUT2D eigenvalue weighted by Gasteiger charge is -2.13. The van der Waals surface area contributed by atoms with E-state index in [1.165, 1.54) is 0 Å². The predicted molar refractivity (Wildman–Crippen MR) is 83.8 cm³/mol. The predicted octanol–water partition coefficient (Wildman–Crippen LogP) is 2.44. The van der Waals surface area contributed by atoms with Gasteiger partial charge in [-0.1, -0.05) is 0 Å². The molecular weight excluding hydrogens is 329 g/mol. The fraction of sp³-hybridized carbons (Fsp3) is 0.714. The molecule has 0 saturated carbocycles. The number of ether oxygens (including phenoxy) is 1. The molecule has 0 radical (unpaired) electrons. The number of nitrogens with one attached hydrogen (secondary N) is 2. The zero-order valence-electron chi connectivity index (χ0n) is 12.9. The van der Waals surface area contributed by atoms with Crippen LogP contribution in [-0.2, 0) is 17.3 Å². The van der Waals surface area contributed by atoms with Crippen molar-refractivity contribution in [3.63, 3.8) is 0 Å². The summed E-state index contributed by atoms with van der Waals surface area (Å²) in [7, 11) is 1.66. The second kappa shape index (κ2) is 8.49. The highest BCUT2D eigenvalue weighted by Gasteiger charge is 2.33. The van der Waals surface area contributed by atoms with Crippen LogP contribution in [0.2, 0.25) is 0 Å². The molecule has 2 heterocycles. The summed E-state index contributed by atoms with van der Waals surface area (Å²) in [5, 5.41) is 7.75. The van der Waals surface area contributed by atoms with Gasteiger partial charge in [-0.25, -0.2) is 4.98 Å². The van der Waals surface area contributed by atoms with Crippen LogP contribution in [0.5, 0.6) is 0 Å². The van der Waals surface area contributed by atoms with Gasteiger partial charge in [0.2, 0.25) is 0 Å². The largest absolute Gasteiger partial charge is 0.434 e. The smallest absolute Gasteiger partial charge is 0.378 e. The van der Waals surface area contributed by atoms with Gasteiger partial charge in [0, 0.05) is 38.5 Å². The first-order chi connectivity index (χ1) is 11.0. The average Bonchev–Trinajstić information content (AvgIpc) is 3.16. The van der Waals surface area contributed by atoms with Gasteiger partial charge in [-0.3, -0.25) is 4.99 Å². The molecule has 1 saturated heterocycles. The first-order valence-corrected chi connectivity index (χ1v) is 8.44. The van der Waals surface area contributed by atoms with Crippen LogP contribution in [0.3, 0.4) is 0 Å². The lowest BCUT2D eigenvalue weighted by molar-refractivity contribution is -0.140. The minimum absolute atomic E-state index is 0.316. The Morgan fingerprint density at radius 2 is 2.22 bits per heavy atom. The summed E-state index contributed by atoms with van der Waals surface area (Å²) in [4.78, 5) is 7.68. The Bertz CT molecular complexity index is 512. The quantitative estimate of drug-likeness (QED) is 0.611. The van der Waals surface area contributed by atoms with E-state index in [-0.39, 0.29) is 0 Å². The van der Waals surface area contributed by atoms with E-state index in [9.17, 15) is 13.2 Å². The zero-order valence-corrected chi connectivity index (χ0v) is 13.8. The van der Waals surface area contributed by atoms with Crippen molar-refractivity contribution >= 4 is 17.3 Å². The van der Waals surface area contributed by atoms with Crippen molar-refractivity contribution < 1.29 is 17.9 Å². The van der Waals surface area contributed by atoms with Crippen molar-refractivity contribution in [1.29, 1.82) is 0 Å². The number of alkyl halides is 3. The van der Waals surface area contributed by atoms with Gasteiger partial charge in [-0.2, -0.15) is 13.2 Å². The molecule has 1 unspecified atom stereocenters. The Labute approximate surface area is 137 Å². The highest BCUT2D eigenvalue weighted by Crippen LogP contribution is 2.29. The minimum atomic E-state index is -4.37. The Balaban J connectivity index is 1.66. The average molecular weight is 350 g/mol. The lowest BCUT2D eigenvalue weighted by Crippen LogP contribution is -2.39. The molecule has 1 aliphatic rings. The summed E-state index contributed by atoms with van der Waals surface area (Å²) < 4.78 is 42.9. The van der Waals surface area contributed by atoms with Crippen LogP contribution in [0, 0.1) is 0 Å². The SMILES string of the molecule is CN=C(NCCc1nc(C(F)(F)F)cs1)NCCC1CCCO1. The van der Waals surface area contributed by atoms with Crippen molar-refractivity contribution in [3.05, 3.63) is 16.1 Å². The van der Waals surface area contributed by atoms with Crippen molar-refractivity contribution in [2.24, 2.45) is 4.99 Å². The number of thiazole rings is 1. The van der Waals surface area contributed by atoms with E-state index >= 15 is 0 Å². The molecule has 1 aromatic rings. The Kier molecular flexibility index (Phi) is 6.64. The van der Waals surface area contributed by atoms with Crippen molar-refractivity contribution in [2.45, 2.75) is 38.0 Å². The van der Waals surface area contributed by atoms with Gasteiger partial charge in [0.25, 0.3) is 0 Å². The van der Waals surface area contributed by atoms with E-state index in [1.807, 2.05) is 0 Å². The van der Waals surface area contributed by atoms with Crippen molar-refractivity contribution in [1.82, 2.24) is 15.6 Å². The molecule has 0 aromatic carbocycles. The third-order valence-electron chi connectivity index (χ3n) is 3.48. The normalized spacial score (nSPS) is 19.1. The van der Waals surface area contributed by atoms with E-state index in [0.717, 1.165) is 49.1 Å². The Hall–Kier alpha value is -1.35. The Morgan fingerprint density at radius 3 is 2.83 bits per heavy atom. The number of hydrogen-bond acceptors (Lipinski definition) is 4. The number of halogens is 3. The second-order valence-corrected chi connectivity index (χ2v) is 6.17. The summed E-state index contributed by atoms with van der Waals surface area (Å²) in [5.41, 5.74) is -0.823. The summed E-state index contributed by atoms with van der Waals surface area (Å²) in [6.07, 6.45) is -0.501. The summed E-state index contributed by atoms with van der Waals surface area (Å²) in [6.45, 7) is 2.07. The van der Waals surface area contributed by atoms with Gasteiger partial charge >= 0.3 is 6.18 Å². The van der Waals surface area contributed by atoms with Crippen LogP contribution in [0.4, 0.5) is 13.2 Å². The number of aromatic nitrogens is 1. The van der Waals surface area contributed by atoms with Gasteiger partial charge in [-0.15, -0.1) is 11.3 Å². The number of hydrogen-bond donors (Lipinski definition) is 2. The van der Waals surface area contributed by atoms with E-state index < -0.39 is 11.9 Å². The molecule has 1 fully saturated rings. The topological polar surface area (TPSA) is 58.5 Å². The lowest BCUT2D eigenvalue weighted by atomic mass is 10.2. The molecule has 1 aromatic heterocycles. The number of guanidine groups is 1. The van der Waals surface area contributed by atoms with Crippen LogP contribution >= 0.6 is 11.3 Å². The molecule has 1 atom stereocenters. The van der Waals surface area contributed by atoms with Crippen molar-refractivity contribution in [2.75, 3.05) is 26.7 Å². The molecule has 5 nitrogen and oxygen atoms in total. The van der Waals surface area contributed by atoms with Crippen LogP contribution in [-0.4, -0.2) is 43.8 Å². The van der Waals surface area contributed by atoms with Crippen LogP contribution < -0.4 is 10.6 Å². The van der Waals surface area contributed by atoms with E-state index in [0.29, 0.717) is 30.0 Å². The number of nitrogens with zero attached hydrogens (tertiary/aromatic N) is 2. The zero-order chi connectivity index (χ0) is 16.7. The fourth-order valence-corrected chi connectivity index (χ4v) is 3.09. The van der Waals surface area contributed by atoms with Gasteiger partial charge in [-0.05, 0) is 19.3 Å². The maximum atomic E-state index is 12.5. The van der Waals surface area contributed by atoms with Gasteiger partial charge in [0.05, 0.1) is 11.1 Å². The number of aliphatic imine (C=N–C) groups is 1. The Morgan fingerprint density at radius 1 is 1.43 bits per heavy atom. The molecule has 23 heavy (non-hydrogen) atoms. The van der Waals surface area contributed by atoms with Gasteiger partial charge < -0.3 is 15.4 Å². The van der Waals surface area contributed by atoms with E-state index in [1.54, 1.807) is 7.05 Å². The minimum Gasteiger partial charge on any atom is -0.378 e. The first kappa shape index (κ1) is 18.0. The van der Waals surface area contributed by atoms with E-state index in [2.05, 4.69) is 20.6 Å². The second-order valence-electron chi connectivity index (χ2n) is 5.22. The first-order valence-electron chi connectivity index (χ1n) is 7.57. The highest BCUT2D eigenvalue weighted by atomic mass is 32.1. The molecule has 9 heteroatoms. The van der Waals surface area contributed by atoms with Gasteiger partial charge in [0.1, 0.15) is 0 Å². The van der Waals surface area contributed by atoms with Crippen LogP contribution in [0.1, 0.15) is 30.0 Å². The molecule has 2 rings (SSSR count). The molecular formula is C14H21F3N4OS. The highest BCUT2D eigenvalue weighted by molar-refractivity contribution is 7.09. The third-order valence-corrected chi connectivity index (χ3v) is 4.39. The third kappa shape index (κ3) is 5.98. The maximum absolute atomic E-state index is 12.5. The summed E-state index contributed by atoms with van der Waals surface area (Å²) in [6, 6.07) is 0. The van der Waals surface area contributed by atoms with E-state index in [4.69, 9.17) is 4.74 Å². The molecule has 1 aliphatic heterocycles. The molecule has 2 N–H and O–H groups in total. The van der Waals surface area contributed by atoms with Crippen molar-refractivity contribution in [3.8, 4) is 0 Å². The number of rotatable bonds is 6. The van der Waals surface area contributed by atoms with Crippen LogP contribution in [0.15, 0.2) is 10.4 Å². The summed E-state index contributed by atoms with van der Waals surface area (Å²) >= 11 is 1.02. The maximum Gasteiger partial charge on any atom is 0.434 e. The molecule has 130 valence electrons. The van der Waals surface area contributed by atoms with Crippen LogP contribution in [0.25, 0.3) is 0 Å².